The summed E-state index contributed by atoms with van der Waals surface area (Å²) in [5.41, 5.74) is 1.54. The van der Waals surface area contributed by atoms with Crippen LogP contribution in [-0.4, -0.2) is 24.0 Å². The molecule has 0 saturated heterocycles. The van der Waals surface area contributed by atoms with Crippen LogP contribution in [0, 0.1) is 0 Å². The highest BCUT2D eigenvalue weighted by Crippen LogP contribution is 2.15. The summed E-state index contributed by atoms with van der Waals surface area (Å²) >= 11 is 0. The first-order valence-corrected chi connectivity index (χ1v) is 5.61. The topological polar surface area (TPSA) is 39.2 Å². The van der Waals surface area contributed by atoms with Gasteiger partial charge in [0, 0.05) is 30.7 Å². The number of nitrogens with zero attached hydrogens (tertiary/aromatic N) is 1. The molecule has 0 aliphatic heterocycles. The van der Waals surface area contributed by atoms with Crippen molar-refractivity contribution in [1.82, 2.24) is 4.98 Å². The SMILES string of the molecule is COC(C)CC(=O)c1ccc2cccnc2c1. The number of ether oxygens (including phenoxy) is 1. The molecular formula is C14H15NO2. The van der Waals surface area contributed by atoms with Crippen LogP contribution in [0.15, 0.2) is 36.5 Å². The Balaban J connectivity index is 2.27. The fraction of sp³-hybridized carbons (Fsp3) is 0.286. The number of carbonyl (C=O) groups excluding carboxylic acids is 1. The molecule has 1 aromatic carbocycles. The highest BCUT2D eigenvalue weighted by molar-refractivity contribution is 5.99. The molecule has 88 valence electrons. The summed E-state index contributed by atoms with van der Waals surface area (Å²) in [7, 11) is 1.61. The Kier molecular flexibility index (Phi) is 3.49. The molecule has 0 aliphatic rings. The van der Waals surface area contributed by atoms with E-state index in [0.717, 1.165) is 10.9 Å². The van der Waals surface area contributed by atoms with Gasteiger partial charge in [0.2, 0.25) is 0 Å². The second-order valence-corrected chi connectivity index (χ2v) is 4.08. The summed E-state index contributed by atoms with van der Waals surface area (Å²) in [6, 6.07) is 9.47. The average Bonchev–Trinajstić information content (AvgIpc) is 2.38. The third-order valence-electron chi connectivity index (χ3n) is 2.80. The summed E-state index contributed by atoms with van der Waals surface area (Å²) in [5, 5.41) is 1.05. The van der Waals surface area contributed by atoms with Crippen molar-refractivity contribution >= 4 is 16.7 Å². The van der Waals surface area contributed by atoms with Crippen LogP contribution < -0.4 is 0 Å². The first-order chi connectivity index (χ1) is 8.20. The number of hydrogen-bond acceptors (Lipinski definition) is 3. The summed E-state index contributed by atoms with van der Waals surface area (Å²) < 4.78 is 5.09. The third kappa shape index (κ3) is 2.68. The van der Waals surface area contributed by atoms with E-state index in [1.807, 2.05) is 37.3 Å². The summed E-state index contributed by atoms with van der Waals surface area (Å²) in [6.07, 6.45) is 2.07. The van der Waals surface area contributed by atoms with Crippen LogP contribution in [0.5, 0.6) is 0 Å². The van der Waals surface area contributed by atoms with Crippen molar-refractivity contribution in [3.63, 3.8) is 0 Å². The lowest BCUT2D eigenvalue weighted by Crippen LogP contribution is -2.12. The first kappa shape index (κ1) is 11.7. The number of methoxy groups -OCH3 is 1. The van der Waals surface area contributed by atoms with E-state index in [1.165, 1.54) is 0 Å². The van der Waals surface area contributed by atoms with Gasteiger partial charge < -0.3 is 4.74 Å². The zero-order valence-corrected chi connectivity index (χ0v) is 10.0. The van der Waals surface area contributed by atoms with Crippen LogP contribution in [0.1, 0.15) is 23.7 Å². The molecule has 0 amide bonds. The summed E-state index contributed by atoms with van der Waals surface area (Å²) in [6.45, 7) is 1.89. The van der Waals surface area contributed by atoms with Crippen LogP contribution in [0.3, 0.4) is 0 Å². The highest BCUT2D eigenvalue weighted by Gasteiger charge is 2.11. The third-order valence-corrected chi connectivity index (χ3v) is 2.80. The molecule has 3 heteroatoms. The Morgan fingerprint density at radius 3 is 3.00 bits per heavy atom. The molecule has 0 radical (unpaired) electrons. The van der Waals surface area contributed by atoms with Gasteiger partial charge in [-0.15, -0.1) is 0 Å². The molecule has 17 heavy (non-hydrogen) atoms. The monoisotopic (exact) mass is 229 g/mol. The van der Waals surface area contributed by atoms with Gasteiger partial charge in [0.15, 0.2) is 5.78 Å². The van der Waals surface area contributed by atoms with Gasteiger partial charge in [-0.2, -0.15) is 0 Å². The van der Waals surface area contributed by atoms with Crippen LogP contribution >= 0.6 is 0 Å². The van der Waals surface area contributed by atoms with Crippen LogP contribution in [0.25, 0.3) is 10.9 Å². The Bertz CT molecular complexity index is 536. The highest BCUT2D eigenvalue weighted by atomic mass is 16.5. The number of aromatic nitrogens is 1. The molecule has 0 spiro atoms. The Morgan fingerprint density at radius 2 is 2.24 bits per heavy atom. The fourth-order valence-corrected chi connectivity index (χ4v) is 1.70. The number of fused-ring (bicyclic) bond motifs is 1. The minimum absolute atomic E-state index is 0.0538. The zero-order valence-electron chi connectivity index (χ0n) is 10.0. The summed E-state index contributed by atoms with van der Waals surface area (Å²) in [4.78, 5) is 16.2. The van der Waals surface area contributed by atoms with Crippen molar-refractivity contribution in [2.24, 2.45) is 0 Å². The van der Waals surface area contributed by atoms with Crippen molar-refractivity contribution in [2.75, 3.05) is 7.11 Å². The molecule has 0 aliphatic carbocycles. The van der Waals surface area contributed by atoms with Crippen molar-refractivity contribution < 1.29 is 9.53 Å². The number of hydrogen-bond donors (Lipinski definition) is 0. The Hall–Kier alpha value is -1.74. The molecule has 1 unspecified atom stereocenters. The van der Waals surface area contributed by atoms with Crippen molar-refractivity contribution in [3.8, 4) is 0 Å². The normalized spacial score (nSPS) is 12.6. The molecule has 1 atom stereocenters. The Labute approximate surface area is 100 Å². The van der Waals surface area contributed by atoms with Crippen LogP contribution in [0.2, 0.25) is 0 Å². The number of Topliss-reactive ketones (excluding diaryl/α,β-unsaturated/α-hetero) is 1. The molecule has 0 saturated carbocycles. The lowest BCUT2D eigenvalue weighted by Gasteiger charge is -2.08. The molecule has 0 fully saturated rings. The van der Waals surface area contributed by atoms with E-state index in [9.17, 15) is 4.79 Å². The van der Waals surface area contributed by atoms with Crippen LogP contribution in [0.4, 0.5) is 0 Å². The van der Waals surface area contributed by atoms with Gasteiger partial charge >= 0.3 is 0 Å². The predicted octanol–water partition coefficient (Wildman–Crippen LogP) is 2.84. The van der Waals surface area contributed by atoms with E-state index in [0.29, 0.717) is 12.0 Å². The molecule has 0 N–H and O–H groups in total. The summed E-state index contributed by atoms with van der Waals surface area (Å²) in [5.74, 6) is 0.0897. The number of benzene rings is 1. The molecule has 0 bridgehead atoms. The standard InChI is InChI=1S/C14H15NO2/c1-10(17-2)8-14(16)12-6-5-11-4-3-7-15-13(11)9-12/h3-7,9-10H,8H2,1-2H3. The van der Waals surface area contributed by atoms with E-state index in [-0.39, 0.29) is 11.9 Å². The zero-order chi connectivity index (χ0) is 12.3. The van der Waals surface area contributed by atoms with E-state index < -0.39 is 0 Å². The first-order valence-electron chi connectivity index (χ1n) is 5.61. The lowest BCUT2D eigenvalue weighted by atomic mass is 10.0. The van der Waals surface area contributed by atoms with Gasteiger partial charge in [0.05, 0.1) is 11.6 Å². The van der Waals surface area contributed by atoms with Gasteiger partial charge in [-0.3, -0.25) is 9.78 Å². The predicted molar refractivity (Wildman–Crippen MR) is 67.2 cm³/mol. The number of pyridine rings is 1. The molecule has 3 nitrogen and oxygen atoms in total. The van der Waals surface area contributed by atoms with Crippen molar-refractivity contribution in [2.45, 2.75) is 19.4 Å². The number of rotatable bonds is 4. The second-order valence-electron chi connectivity index (χ2n) is 4.08. The number of carbonyl (C=O) groups is 1. The van der Waals surface area contributed by atoms with Crippen LogP contribution in [-0.2, 0) is 4.74 Å². The fourth-order valence-electron chi connectivity index (χ4n) is 1.70. The van der Waals surface area contributed by atoms with E-state index in [1.54, 1.807) is 13.3 Å². The average molecular weight is 229 g/mol. The van der Waals surface area contributed by atoms with Gasteiger partial charge in [-0.25, -0.2) is 0 Å². The van der Waals surface area contributed by atoms with E-state index in [2.05, 4.69) is 4.98 Å². The molecule has 1 aromatic heterocycles. The second kappa shape index (κ2) is 5.06. The van der Waals surface area contributed by atoms with Gasteiger partial charge in [0.25, 0.3) is 0 Å². The van der Waals surface area contributed by atoms with Crippen molar-refractivity contribution in [3.05, 3.63) is 42.1 Å². The van der Waals surface area contributed by atoms with E-state index in [4.69, 9.17) is 4.74 Å². The van der Waals surface area contributed by atoms with Gasteiger partial charge in [-0.1, -0.05) is 18.2 Å². The smallest absolute Gasteiger partial charge is 0.165 e. The minimum Gasteiger partial charge on any atom is -0.381 e. The molecule has 1 heterocycles. The molecule has 2 aromatic rings. The lowest BCUT2D eigenvalue weighted by molar-refractivity contribution is 0.0792. The van der Waals surface area contributed by atoms with Gasteiger partial charge in [0.1, 0.15) is 0 Å². The van der Waals surface area contributed by atoms with Gasteiger partial charge in [-0.05, 0) is 19.1 Å². The molecular weight excluding hydrogens is 214 g/mol. The maximum absolute atomic E-state index is 11.9. The molecule has 2 rings (SSSR count). The minimum atomic E-state index is -0.0538. The quantitative estimate of drug-likeness (QED) is 0.757. The maximum Gasteiger partial charge on any atom is 0.165 e. The largest absolute Gasteiger partial charge is 0.381 e. The van der Waals surface area contributed by atoms with E-state index >= 15 is 0 Å². The maximum atomic E-state index is 11.9. The van der Waals surface area contributed by atoms with Crippen molar-refractivity contribution in [1.29, 1.82) is 0 Å². The Morgan fingerprint density at radius 1 is 1.41 bits per heavy atom. The number of ketones is 1.